The number of thioether (sulfide) groups is 1. The normalized spacial score (nSPS) is 11.0. The first-order valence-corrected chi connectivity index (χ1v) is 11.2. The number of rotatable bonds is 6. The lowest BCUT2D eigenvalue weighted by Gasteiger charge is -2.08. The van der Waals surface area contributed by atoms with Crippen LogP contribution in [-0.2, 0) is 4.74 Å². The molecule has 0 radical (unpaired) electrons. The van der Waals surface area contributed by atoms with E-state index < -0.39 is 5.97 Å². The van der Waals surface area contributed by atoms with Gasteiger partial charge in [0.1, 0.15) is 11.0 Å². The van der Waals surface area contributed by atoms with E-state index in [9.17, 15) is 4.79 Å². The number of esters is 1. The summed E-state index contributed by atoms with van der Waals surface area (Å²) in [6.07, 6.45) is 1.83. The molecule has 0 unspecified atom stereocenters. The SMILES string of the molecule is CSCOC(=O)c1nn(-c2ccccc2C)c(-c2nnc(-c3cccc(C)c3)o2)c1Cl. The molecular formula is C22H19ClN4O3S. The number of hydrogen-bond donors (Lipinski definition) is 0. The van der Waals surface area contributed by atoms with Crippen molar-refractivity contribution in [3.8, 4) is 28.7 Å². The highest BCUT2D eigenvalue weighted by atomic mass is 35.5. The minimum Gasteiger partial charge on any atom is -0.450 e. The van der Waals surface area contributed by atoms with Crippen LogP contribution in [0.1, 0.15) is 21.6 Å². The van der Waals surface area contributed by atoms with E-state index >= 15 is 0 Å². The first-order chi connectivity index (χ1) is 15.0. The minimum atomic E-state index is -0.619. The fourth-order valence-electron chi connectivity index (χ4n) is 3.08. The van der Waals surface area contributed by atoms with E-state index in [0.29, 0.717) is 11.6 Å². The summed E-state index contributed by atoms with van der Waals surface area (Å²) in [5.74, 6) is 0.0751. The van der Waals surface area contributed by atoms with Crippen LogP contribution in [0.25, 0.3) is 28.7 Å². The lowest BCUT2D eigenvalue weighted by atomic mass is 10.1. The molecule has 4 aromatic rings. The van der Waals surface area contributed by atoms with E-state index in [1.807, 2.05) is 68.6 Å². The Morgan fingerprint density at radius 1 is 1.13 bits per heavy atom. The van der Waals surface area contributed by atoms with Gasteiger partial charge in [0.15, 0.2) is 11.4 Å². The molecule has 4 rings (SSSR count). The number of halogens is 1. The van der Waals surface area contributed by atoms with Gasteiger partial charge >= 0.3 is 5.97 Å². The van der Waals surface area contributed by atoms with Crippen molar-refractivity contribution in [2.24, 2.45) is 0 Å². The molecule has 2 aromatic heterocycles. The molecule has 0 saturated carbocycles. The maximum absolute atomic E-state index is 12.5. The molecule has 7 nitrogen and oxygen atoms in total. The predicted molar refractivity (Wildman–Crippen MR) is 121 cm³/mol. The molecule has 0 spiro atoms. The summed E-state index contributed by atoms with van der Waals surface area (Å²) < 4.78 is 12.7. The first kappa shape index (κ1) is 21.1. The fraction of sp³-hybridized carbons (Fsp3) is 0.182. The van der Waals surface area contributed by atoms with Crippen LogP contribution in [0.15, 0.2) is 52.9 Å². The summed E-state index contributed by atoms with van der Waals surface area (Å²) in [5.41, 5.74) is 3.85. The van der Waals surface area contributed by atoms with E-state index in [2.05, 4.69) is 15.3 Å². The third-order valence-electron chi connectivity index (χ3n) is 4.57. The van der Waals surface area contributed by atoms with E-state index in [0.717, 1.165) is 22.4 Å². The third-order valence-corrected chi connectivity index (χ3v) is 5.28. The highest BCUT2D eigenvalue weighted by Crippen LogP contribution is 2.35. The van der Waals surface area contributed by atoms with Gasteiger partial charge in [0.05, 0.1) is 5.69 Å². The Kier molecular flexibility index (Phi) is 6.11. The summed E-state index contributed by atoms with van der Waals surface area (Å²) in [5, 5.41) is 12.9. The number of carbonyl (C=O) groups excluding carboxylic acids is 1. The average Bonchev–Trinajstić information content (AvgIpc) is 3.37. The number of aryl methyl sites for hydroxylation is 2. The Morgan fingerprint density at radius 2 is 1.90 bits per heavy atom. The smallest absolute Gasteiger partial charge is 0.361 e. The van der Waals surface area contributed by atoms with Gasteiger partial charge in [-0.05, 0) is 43.9 Å². The summed E-state index contributed by atoms with van der Waals surface area (Å²) in [7, 11) is 0. The van der Waals surface area contributed by atoms with Crippen LogP contribution >= 0.6 is 23.4 Å². The van der Waals surface area contributed by atoms with E-state index in [1.54, 1.807) is 4.68 Å². The molecule has 0 aliphatic heterocycles. The van der Waals surface area contributed by atoms with Crippen LogP contribution in [0.2, 0.25) is 5.02 Å². The molecule has 0 saturated heterocycles. The molecule has 2 heterocycles. The zero-order valence-corrected chi connectivity index (χ0v) is 18.7. The van der Waals surface area contributed by atoms with Gasteiger partial charge in [-0.2, -0.15) is 5.10 Å². The Hall–Kier alpha value is -3.10. The number of ether oxygens (including phenoxy) is 1. The Balaban J connectivity index is 1.86. The highest BCUT2D eigenvalue weighted by molar-refractivity contribution is 7.98. The number of hydrogen-bond acceptors (Lipinski definition) is 7. The number of para-hydroxylation sites is 1. The second-order valence-electron chi connectivity index (χ2n) is 6.83. The van der Waals surface area contributed by atoms with Crippen LogP contribution in [0, 0.1) is 13.8 Å². The standard InChI is InChI=1S/C22H19ClN4O3S/c1-13-7-6-9-15(11-13)20-24-25-21(30-20)19-17(23)18(22(28)29-12-31-3)26-27(19)16-10-5-4-8-14(16)2/h4-11H,12H2,1-3H3. The summed E-state index contributed by atoms with van der Waals surface area (Å²) in [6, 6.07) is 15.3. The van der Waals surface area contributed by atoms with Gasteiger partial charge in [-0.25, -0.2) is 9.48 Å². The minimum absolute atomic E-state index is 0.00993. The van der Waals surface area contributed by atoms with Crippen molar-refractivity contribution < 1.29 is 13.9 Å². The van der Waals surface area contributed by atoms with E-state index in [4.69, 9.17) is 20.8 Å². The van der Waals surface area contributed by atoms with Crippen molar-refractivity contribution in [3.05, 3.63) is 70.4 Å². The van der Waals surface area contributed by atoms with Crippen molar-refractivity contribution >= 4 is 29.3 Å². The molecule has 0 bridgehead atoms. The first-order valence-electron chi connectivity index (χ1n) is 9.41. The molecular weight excluding hydrogens is 436 g/mol. The van der Waals surface area contributed by atoms with Gasteiger partial charge in [-0.3, -0.25) is 0 Å². The molecule has 0 aliphatic rings. The quantitative estimate of drug-likeness (QED) is 0.287. The molecule has 158 valence electrons. The van der Waals surface area contributed by atoms with Crippen LogP contribution in [0.5, 0.6) is 0 Å². The van der Waals surface area contributed by atoms with Crippen molar-refractivity contribution in [2.45, 2.75) is 13.8 Å². The molecule has 0 fully saturated rings. The molecule has 0 atom stereocenters. The van der Waals surface area contributed by atoms with Gasteiger partial charge in [0.2, 0.25) is 5.89 Å². The number of aromatic nitrogens is 4. The van der Waals surface area contributed by atoms with E-state index in [1.165, 1.54) is 11.8 Å². The lowest BCUT2D eigenvalue weighted by Crippen LogP contribution is -2.07. The molecule has 31 heavy (non-hydrogen) atoms. The zero-order valence-electron chi connectivity index (χ0n) is 17.1. The Morgan fingerprint density at radius 3 is 2.65 bits per heavy atom. The van der Waals surface area contributed by atoms with Crippen LogP contribution in [0.3, 0.4) is 0 Å². The van der Waals surface area contributed by atoms with Crippen molar-refractivity contribution in [2.75, 3.05) is 12.2 Å². The lowest BCUT2D eigenvalue weighted by molar-refractivity contribution is 0.0572. The van der Waals surface area contributed by atoms with Gasteiger partial charge in [-0.15, -0.1) is 22.0 Å². The van der Waals surface area contributed by atoms with Crippen LogP contribution in [0.4, 0.5) is 0 Å². The predicted octanol–water partition coefficient (Wildman–Crippen LogP) is 5.34. The molecule has 0 aliphatic carbocycles. The summed E-state index contributed by atoms with van der Waals surface area (Å²) in [6.45, 7) is 3.92. The maximum atomic E-state index is 12.5. The van der Waals surface area contributed by atoms with Crippen LogP contribution in [-0.4, -0.2) is 38.1 Å². The molecule has 0 amide bonds. The van der Waals surface area contributed by atoms with Gasteiger partial charge in [0.25, 0.3) is 5.89 Å². The fourth-order valence-corrected chi connectivity index (χ4v) is 3.58. The zero-order chi connectivity index (χ0) is 22.0. The Bertz CT molecular complexity index is 1250. The summed E-state index contributed by atoms with van der Waals surface area (Å²) in [4.78, 5) is 12.5. The van der Waals surface area contributed by atoms with Gasteiger partial charge in [0, 0.05) is 5.56 Å². The van der Waals surface area contributed by atoms with Gasteiger partial charge in [-0.1, -0.05) is 47.5 Å². The largest absolute Gasteiger partial charge is 0.450 e. The second-order valence-corrected chi connectivity index (χ2v) is 8.02. The monoisotopic (exact) mass is 454 g/mol. The van der Waals surface area contributed by atoms with Crippen molar-refractivity contribution in [3.63, 3.8) is 0 Å². The van der Waals surface area contributed by atoms with Crippen molar-refractivity contribution in [1.82, 2.24) is 20.0 Å². The molecule has 9 heteroatoms. The van der Waals surface area contributed by atoms with Crippen LogP contribution < -0.4 is 0 Å². The third kappa shape index (κ3) is 4.22. The maximum Gasteiger partial charge on any atom is 0.361 e. The Labute approximate surface area is 188 Å². The number of nitrogens with zero attached hydrogens (tertiary/aromatic N) is 4. The molecule has 2 aromatic carbocycles. The number of carbonyl (C=O) groups is 1. The summed E-state index contributed by atoms with van der Waals surface area (Å²) >= 11 is 7.98. The highest BCUT2D eigenvalue weighted by Gasteiger charge is 2.28. The number of benzene rings is 2. The second kappa shape index (κ2) is 8.95. The van der Waals surface area contributed by atoms with Crippen molar-refractivity contribution in [1.29, 1.82) is 0 Å². The van der Waals surface area contributed by atoms with E-state index in [-0.39, 0.29) is 22.5 Å². The average molecular weight is 455 g/mol. The molecule has 0 N–H and O–H groups in total. The topological polar surface area (TPSA) is 83.0 Å². The van der Waals surface area contributed by atoms with Gasteiger partial charge < -0.3 is 9.15 Å².